The number of nitro groups is 1. The SMILES string of the molecule is O=C(Nc1cccc([N+](=O)[O-])c1)c1cccc(-c2cccs2)c1. The maximum atomic E-state index is 12.3. The third-order valence-corrected chi connectivity index (χ3v) is 4.16. The minimum absolute atomic E-state index is 0.0601. The van der Waals surface area contributed by atoms with Crippen LogP contribution in [-0.4, -0.2) is 10.8 Å². The molecule has 0 fully saturated rings. The zero-order chi connectivity index (χ0) is 16.2. The van der Waals surface area contributed by atoms with Crippen LogP contribution in [0.1, 0.15) is 10.4 Å². The van der Waals surface area contributed by atoms with Crippen molar-refractivity contribution in [3.63, 3.8) is 0 Å². The Hall–Kier alpha value is -2.99. The number of anilines is 1. The van der Waals surface area contributed by atoms with Crippen LogP contribution in [0, 0.1) is 10.1 Å². The van der Waals surface area contributed by atoms with Crippen molar-refractivity contribution in [2.75, 3.05) is 5.32 Å². The standard InChI is InChI=1S/C17H12N2O3S/c20-17(18-14-6-2-7-15(11-14)19(21)22)13-5-1-4-12(10-13)16-8-3-9-23-16/h1-11H,(H,18,20). The zero-order valence-electron chi connectivity index (χ0n) is 11.9. The third-order valence-electron chi connectivity index (χ3n) is 3.25. The molecule has 0 bridgehead atoms. The summed E-state index contributed by atoms with van der Waals surface area (Å²) in [4.78, 5) is 23.7. The maximum absolute atomic E-state index is 12.3. The fraction of sp³-hybridized carbons (Fsp3) is 0. The lowest BCUT2D eigenvalue weighted by Gasteiger charge is -2.06. The molecule has 0 unspecified atom stereocenters. The minimum atomic E-state index is -0.493. The van der Waals surface area contributed by atoms with Crippen molar-refractivity contribution in [1.29, 1.82) is 0 Å². The molecular weight excluding hydrogens is 312 g/mol. The van der Waals surface area contributed by atoms with Crippen LogP contribution in [-0.2, 0) is 0 Å². The first-order chi connectivity index (χ1) is 11.1. The van der Waals surface area contributed by atoms with Crippen LogP contribution in [0.15, 0.2) is 66.0 Å². The van der Waals surface area contributed by atoms with Gasteiger partial charge in [-0.15, -0.1) is 11.3 Å². The number of amides is 1. The van der Waals surface area contributed by atoms with Gasteiger partial charge in [0.25, 0.3) is 11.6 Å². The monoisotopic (exact) mass is 324 g/mol. The van der Waals surface area contributed by atoms with E-state index in [4.69, 9.17) is 0 Å². The number of carbonyl (C=O) groups is 1. The smallest absolute Gasteiger partial charge is 0.271 e. The molecule has 1 aromatic heterocycles. The van der Waals surface area contributed by atoms with Crippen LogP contribution in [0.25, 0.3) is 10.4 Å². The first-order valence-corrected chi connectivity index (χ1v) is 7.71. The fourth-order valence-electron chi connectivity index (χ4n) is 2.16. The van der Waals surface area contributed by atoms with Crippen molar-refractivity contribution in [3.05, 3.63) is 81.7 Å². The van der Waals surface area contributed by atoms with Crippen molar-refractivity contribution in [1.82, 2.24) is 0 Å². The highest BCUT2D eigenvalue weighted by atomic mass is 32.1. The number of hydrogen-bond acceptors (Lipinski definition) is 4. The summed E-state index contributed by atoms with van der Waals surface area (Å²) in [7, 11) is 0. The van der Waals surface area contributed by atoms with Gasteiger partial charge in [0.1, 0.15) is 0 Å². The van der Waals surface area contributed by atoms with E-state index < -0.39 is 4.92 Å². The Morgan fingerprint density at radius 1 is 1.04 bits per heavy atom. The van der Waals surface area contributed by atoms with E-state index in [9.17, 15) is 14.9 Å². The number of benzene rings is 2. The quantitative estimate of drug-likeness (QED) is 0.564. The normalized spacial score (nSPS) is 10.3. The molecule has 3 aromatic rings. The zero-order valence-corrected chi connectivity index (χ0v) is 12.7. The Morgan fingerprint density at radius 2 is 1.87 bits per heavy atom. The summed E-state index contributed by atoms with van der Waals surface area (Å²) in [6, 6.07) is 17.1. The fourth-order valence-corrected chi connectivity index (χ4v) is 2.88. The van der Waals surface area contributed by atoms with E-state index in [1.54, 1.807) is 29.5 Å². The van der Waals surface area contributed by atoms with Gasteiger partial charge >= 0.3 is 0 Å². The van der Waals surface area contributed by atoms with E-state index in [0.29, 0.717) is 11.3 Å². The molecule has 23 heavy (non-hydrogen) atoms. The molecule has 2 aromatic carbocycles. The van der Waals surface area contributed by atoms with E-state index in [1.165, 1.54) is 18.2 Å². The van der Waals surface area contributed by atoms with Crippen molar-refractivity contribution >= 4 is 28.6 Å². The summed E-state index contributed by atoms with van der Waals surface area (Å²) in [5, 5.41) is 15.4. The van der Waals surface area contributed by atoms with Gasteiger partial charge in [-0.1, -0.05) is 24.3 Å². The summed E-state index contributed by atoms with van der Waals surface area (Å²) in [6.45, 7) is 0. The molecule has 6 heteroatoms. The van der Waals surface area contributed by atoms with Crippen molar-refractivity contribution in [3.8, 4) is 10.4 Å². The maximum Gasteiger partial charge on any atom is 0.271 e. The summed E-state index contributed by atoms with van der Waals surface area (Å²) >= 11 is 1.60. The number of hydrogen-bond donors (Lipinski definition) is 1. The molecule has 0 saturated heterocycles. The number of nitrogens with zero attached hydrogens (tertiary/aromatic N) is 1. The number of non-ortho nitro benzene ring substituents is 1. The second-order valence-corrected chi connectivity index (χ2v) is 5.77. The summed E-state index contributed by atoms with van der Waals surface area (Å²) < 4.78 is 0. The third kappa shape index (κ3) is 3.44. The van der Waals surface area contributed by atoms with E-state index >= 15 is 0 Å². The topological polar surface area (TPSA) is 72.2 Å². The van der Waals surface area contributed by atoms with E-state index in [-0.39, 0.29) is 11.6 Å². The Balaban J connectivity index is 1.82. The molecule has 1 amide bonds. The molecule has 0 spiro atoms. The van der Waals surface area contributed by atoms with E-state index in [0.717, 1.165) is 10.4 Å². The van der Waals surface area contributed by atoms with Crippen LogP contribution >= 0.6 is 11.3 Å². The van der Waals surface area contributed by atoms with Crippen molar-refractivity contribution < 1.29 is 9.72 Å². The molecule has 0 aliphatic carbocycles. The molecule has 114 valence electrons. The number of nitro benzene ring substituents is 1. The molecule has 0 aliphatic heterocycles. The van der Waals surface area contributed by atoms with Crippen LogP contribution in [0.4, 0.5) is 11.4 Å². The Labute approximate surface area is 136 Å². The molecule has 0 radical (unpaired) electrons. The molecule has 3 rings (SSSR count). The molecule has 5 nitrogen and oxygen atoms in total. The molecule has 0 aliphatic rings. The Kier molecular flexibility index (Phi) is 4.16. The van der Waals surface area contributed by atoms with Gasteiger partial charge in [0.15, 0.2) is 0 Å². The lowest BCUT2D eigenvalue weighted by molar-refractivity contribution is -0.384. The van der Waals surface area contributed by atoms with E-state index in [2.05, 4.69) is 5.32 Å². The van der Waals surface area contributed by atoms with Crippen LogP contribution < -0.4 is 5.32 Å². The van der Waals surface area contributed by atoms with Crippen LogP contribution in [0.5, 0.6) is 0 Å². The molecule has 0 atom stereocenters. The molecule has 0 saturated carbocycles. The van der Waals surface area contributed by atoms with Gasteiger partial charge in [-0.25, -0.2) is 0 Å². The molecular formula is C17H12N2O3S. The predicted octanol–water partition coefficient (Wildman–Crippen LogP) is 4.58. The van der Waals surface area contributed by atoms with Crippen molar-refractivity contribution in [2.24, 2.45) is 0 Å². The van der Waals surface area contributed by atoms with Gasteiger partial charge in [-0.05, 0) is 35.2 Å². The number of carbonyl (C=O) groups excluding carboxylic acids is 1. The Bertz CT molecular complexity index is 860. The number of rotatable bonds is 4. The second-order valence-electron chi connectivity index (χ2n) is 4.82. The highest BCUT2D eigenvalue weighted by molar-refractivity contribution is 7.13. The number of thiophene rings is 1. The minimum Gasteiger partial charge on any atom is -0.322 e. The van der Waals surface area contributed by atoms with Gasteiger partial charge in [0, 0.05) is 28.3 Å². The second kappa shape index (κ2) is 6.41. The van der Waals surface area contributed by atoms with E-state index in [1.807, 2.05) is 29.6 Å². The summed E-state index contributed by atoms with van der Waals surface area (Å²) in [6.07, 6.45) is 0. The largest absolute Gasteiger partial charge is 0.322 e. The van der Waals surface area contributed by atoms with Crippen molar-refractivity contribution in [2.45, 2.75) is 0 Å². The molecule has 1 heterocycles. The van der Waals surface area contributed by atoms with Gasteiger partial charge in [0.2, 0.25) is 0 Å². The average molecular weight is 324 g/mol. The lowest BCUT2D eigenvalue weighted by Crippen LogP contribution is -2.11. The van der Waals surface area contributed by atoms with Gasteiger partial charge in [0.05, 0.1) is 4.92 Å². The van der Waals surface area contributed by atoms with Gasteiger partial charge < -0.3 is 5.32 Å². The summed E-state index contributed by atoms with van der Waals surface area (Å²) in [5.74, 6) is -0.302. The summed E-state index contributed by atoms with van der Waals surface area (Å²) in [5.41, 5.74) is 1.80. The lowest BCUT2D eigenvalue weighted by atomic mass is 10.1. The number of nitrogens with one attached hydrogen (secondary N) is 1. The predicted molar refractivity (Wildman–Crippen MR) is 90.8 cm³/mol. The highest BCUT2D eigenvalue weighted by Gasteiger charge is 2.11. The highest BCUT2D eigenvalue weighted by Crippen LogP contribution is 2.25. The van der Waals surface area contributed by atoms with Crippen LogP contribution in [0.2, 0.25) is 0 Å². The average Bonchev–Trinajstić information content (AvgIpc) is 3.10. The first-order valence-electron chi connectivity index (χ1n) is 6.83. The first kappa shape index (κ1) is 14.9. The molecule has 1 N–H and O–H groups in total. The van der Waals surface area contributed by atoms with Gasteiger partial charge in [-0.2, -0.15) is 0 Å². The van der Waals surface area contributed by atoms with Crippen LogP contribution in [0.3, 0.4) is 0 Å². The Morgan fingerprint density at radius 3 is 2.61 bits per heavy atom. The van der Waals surface area contributed by atoms with Gasteiger partial charge in [-0.3, -0.25) is 14.9 Å².